The molecule has 4 rings (SSSR count). The van der Waals surface area contributed by atoms with E-state index >= 15 is 0 Å². The molecule has 35 heavy (non-hydrogen) atoms. The zero-order chi connectivity index (χ0) is 24.9. The first kappa shape index (κ1) is 23.8. The lowest BCUT2D eigenvalue weighted by atomic mass is 10.1. The summed E-state index contributed by atoms with van der Waals surface area (Å²) in [5.74, 6) is 2.91. The minimum absolute atomic E-state index is 0.0785. The van der Waals surface area contributed by atoms with Gasteiger partial charge in [-0.05, 0) is 61.0 Å². The molecule has 1 heterocycles. The summed E-state index contributed by atoms with van der Waals surface area (Å²) >= 11 is 0. The fraction of sp³-hybridized carbons (Fsp3) is 0.179. The minimum atomic E-state index is -0.436. The Kier molecular flexibility index (Phi) is 6.96. The Labute approximate surface area is 204 Å². The van der Waals surface area contributed by atoms with Gasteiger partial charge in [0.15, 0.2) is 23.0 Å². The molecule has 1 aliphatic rings. The van der Waals surface area contributed by atoms with Crippen LogP contribution in [0.2, 0.25) is 0 Å². The van der Waals surface area contributed by atoms with Crippen molar-refractivity contribution in [3.8, 4) is 34.5 Å². The van der Waals surface area contributed by atoms with Gasteiger partial charge < -0.3 is 28.4 Å². The van der Waals surface area contributed by atoms with Gasteiger partial charge in [-0.15, -0.1) is 0 Å². The number of carbonyl (C=O) groups excluding carboxylic acids is 1. The molecule has 0 N–H and O–H groups in total. The van der Waals surface area contributed by atoms with E-state index in [0.29, 0.717) is 45.6 Å². The summed E-state index contributed by atoms with van der Waals surface area (Å²) in [7, 11) is 6.25. The molecular weight excluding hydrogens is 448 g/mol. The summed E-state index contributed by atoms with van der Waals surface area (Å²) in [6, 6.07) is 16.1. The quantitative estimate of drug-likeness (QED) is 0.440. The lowest BCUT2D eigenvalue weighted by Crippen LogP contribution is -2.12. The van der Waals surface area contributed by atoms with Gasteiger partial charge in [-0.2, -0.15) is 0 Å². The maximum Gasteiger partial charge on any atom is 0.263 e. The molecule has 3 aromatic rings. The number of methoxy groups -OCH3 is 4. The first-order chi connectivity index (χ1) is 16.9. The summed E-state index contributed by atoms with van der Waals surface area (Å²) in [6.45, 7) is 1.94. The van der Waals surface area contributed by atoms with Crippen LogP contribution in [0.25, 0.3) is 12.2 Å². The van der Waals surface area contributed by atoms with Crippen molar-refractivity contribution in [3.05, 3.63) is 82.8 Å². The fourth-order valence-electron chi connectivity index (χ4n) is 3.58. The van der Waals surface area contributed by atoms with Gasteiger partial charge in [0.05, 0.1) is 28.4 Å². The lowest BCUT2D eigenvalue weighted by Gasteiger charge is -2.10. The zero-order valence-corrected chi connectivity index (χ0v) is 20.2. The largest absolute Gasteiger partial charge is 0.497 e. The maximum atomic E-state index is 13.6. The van der Waals surface area contributed by atoms with Crippen LogP contribution in [0.3, 0.4) is 0 Å². The van der Waals surface area contributed by atoms with E-state index in [9.17, 15) is 4.79 Å². The Bertz CT molecular complexity index is 1320. The Morgan fingerprint density at radius 3 is 1.63 bits per heavy atom. The van der Waals surface area contributed by atoms with Crippen LogP contribution in [0.1, 0.15) is 16.7 Å². The van der Waals surface area contributed by atoms with E-state index in [1.165, 1.54) is 0 Å². The third-order valence-electron chi connectivity index (χ3n) is 5.44. The maximum absolute atomic E-state index is 13.6. The number of Topliss-reactive ketones (excluding diaryl/α,β-unsaturated/α-hetero) is 1. The third kappa shape index (κ3) is 5.09. The van der Waals surface area contributed by atoms with Gasteiger partial charge in [0.1, 0.15) is 23.0 Å². The molecular formula is C28H26O7. The van der Waals surface area contributed by atoms with Crippen LogP contribution >= 0.6 is 0 Å². The first-order valence-electron chi connectivity index (χ1n) is 10.8. The van der Waals surface area contributed by atoms with Gasteiger partial charge in [-0.1, -0.05) is 6.07 Å². The van der Waals surface area contributed by atoms with E-state index in [-0.39, 0.29) is 11.5 Å². The number of ether oxygens (including phenoxy) is 6. The first-order valence-corrected chi connectivity index (χ1v) is 10.8. The van der Waals surface area contributed by atoms with Gasteiger partial charge in [-0.25, -0.2) is 0 Å². The van der Waals surface area contributed by atoms with Gasteiger partial charge in [-0.3, -0.25) is 4.79 Å². The minimum Gasteiger partial charge on any atom is -0.497 e. The summed E-state index contributed by atoms with van der Waals surface area (Å²) in [4.78, 5) is 13.6. The highest BCUT2D eigenvalue weighted by molar-refractivity contribution is 6.11. The molecule has 0 fully saturated rings. The van der Waals surface area contributed by atoms with Crippen molar-refractivity contribution < 1.29 is 33.2 Å². The highest BCUT2D eigenvalue weighted by Crippen LogP contribution is 2.38. The van der Waals surface area contributed by atoms with Gasteiger partial charge >= 0.3 is 0 Å². The molecule has 7 nitrogen and oxygen atoms in total. The molecule has 0 aliphatic carbocycles. The van der Waals surface area contributed by atoms with Gasteiger partial charge in [0.2, 0.25) is 0 Å². The molecule has 180 valence electrons. The van der Waals surface area contributed by atoms with E-state index in [2.05, 4.69) is 0 Å². The average Bonchev–Trinajstić information content (AvgIpc) is 3.00. The average molecular weight is 475 g/mol. The van der Waals surface area contributed by atoms with E-state index in [1.54, 1.807) is 83.1 Å². The number of benzene rings is 3. The van der Waals surface area contributed by atoms with Crippen LogP contribution in [0.4, 0.5) is 0 Å². The van der Waals surface area contributed by atoms with Crippen LogP contribution < -0.4 is 28.4 Å². The van der Waals surface area contributed by atoms with Crippen LogP contribution in [0.15, 0.2) is 66.1 Å². The monoisotopic (exact) mass is 474 g/mol. The molecule has 0 saturated heterocycles. The van der Waals surface area contributed by atoms with Crippen molar-refractivity contribution in [1.29, 1.82) is 0 Å². The summed E-state index contributed by atoms with van der Waals surface area (Å²) < 4.78 is 33.7. The molecule has 0 amide bonds. The number of carbonyl (C=O) groups is 1. The van der Waals surface area contributed by atoms with E-state index in [0.717, 1.165) is 5.56 Å². The van der Waals surface area contributed by atoms with Crippen molar-refractivity contribution in [2.75, 3.05) is 28.4 Å². The van der Waals surface area contributed by atoms with E-state index in [4.69, 9.17) is 28.4 Å². The summed E-state index contributed by atoms with van der Waals surface area (Å²) in [6.07, 6.45) is 3.25. The molecule has 3 aromatic carbocycles. The van der Waals surface area contributed by atoms with Crippen molar-refractivity contribution in [1.82, 2.24) is 0 Å². The van der Waals surface area contributed by atoms with Crippen molar-refractivity contribution in [2.45, 2.75) is 6.92 Å². The van der Waals surface area contributed by atoms with Crippen molar-refractivity contribution >= 4 is 17.9 Å². The second-order valence-corrected chi connectivity index (χ2v) is 7.72. The van der Waals surface area contributed by atoms with Gasteiger partial charge in [0.25, 0.3) is 5.78 Å². The lowest BCUT2D eigenvalue weighted by molar-refractivity contribution is -0.115. The molecule has 7 heteroatoms. The Balaban J connectivity index is 1.85. The summed E-state index contributed by atoms with van der Waals surface area (Å²) in [5, 5.41) is 0. The smallest absolute Gasteiger partial charge is 0.263 e. The predicted molar refractivity (Wildman–Crippen MR) is 132 cm³/mol. The van der Waals surface area contributed by atoms with Crippen molar-refractivity contribution in [2.24, 2.45) is 0 Å². The number of hydrogen-bond donors (Lipinski definition) is 0. The third-order valence-corrected chi connectivity index (χ3v) is 5.44. The van der Waals surface area contributed by atoms with Crippen LogP contribution in [0, 0.1) is 6.92 Å². The Morgan fingerprint density at radius 2 is 1.14 bits per heavy atom. The second kappa shape index (κ2) is 10.3. The molecule has 1 aliphatic heterocycles. The number of hydrogen-bond acceptors (Lipinski definition) is 7. The number of rotatable bonds is 6. The zero-order valence-electron chi connectivity index (χ0n) is 20.2. The molecule has 0 spiro atoms. The molecule has 0 bridgehead atoms. The fourth-order valence-corrected chi connectivity index (χ4v) is 3.58. The van der Waals surface area contributed by atoms with Crippen LogP contribution in [-0.2, 0) is 4.79 Å². The SMILES string of the molecule is COc1ccc(C=C2Oc3ccc(C)cc3OC(=Cc3ccc(OC)cc3OC)C2=O)c(OC)c1. The molecule has 0 saturated carbocycles. The van der Waals surface area contributed by atoms with Crippen molar-refractivity contribution in [3.63, 3.8) is 0 Å². The number of aryl methyl sites for hydroxylation is 1. The standard InChI is InChI=1S/C28H26O7/c1-17-6-11-22-25(12-17)35-27(14-19-8-10-21(31-3)16-24(19)33-5)28(29)26(34-22)13-18-7-9-20(30-2)15-23(18)32-4/h6-16H,1-5H3. The number of ketones is 1. The highest BCUT2D eigenvalue weighted by atomic mass is 16.5. The van der Waals surface area contributed by atoms with Crippen LogP contribution in [-0.4, -0.2) is 34.2 Å². The summed E-state index contributed by atoms with van der Waals surface area (Å²) in [5.41, 5.74) is 2.26. The van der Waals surface area contributed by atoms with Gasteiger partial charge in [0, 0.05) is 23.3 Å². The predicted octanol–water partition coefficient (Wildman–Crippen LogP) is 5.45. The van der Waals surface area contributed by atoms with Crippen LogP contribution in [0.5, 0.6) is 34.5 Å². The van der Waals surface area contributed by atoms with E-state index in [1.807, 2.05) is 19.1 Å². The molecule has 0 atom stereocenters. The topological polar surface area (TPSA) is 72.5 Å². The second-order valence-electron chi connectivity index (χ2n) is 7.72. The molecule has 0 unspecified atom stereocenters. The normalized spacial score (nSPS) is 15.1. The highest BCUT2D eigenvalue weighted by Gasteiger charge is 2.27. The molecule has 0 radical (unpaired) electrons. The Morgan fingerprint density at radius 1 is 0.629 bits per heavy atom. The number of fused-ring (bicyclic) bond motifs is 1. The van der Waals surface area contributed by atoms with E-state index < -0.39 is 5.78 Å². The Hall–Kier alpha value is -4.39. The molecule has 0 aromatic heterocycles.